The molecule has 1 amide bonds. The number of hydrogen-bond acceptors (Lipinski definition) is 4. The van der Waals surface area contributed by atoms with Crippen LogP contribution in [-0.2, 0) is 27.6 Å². The molecule has 198 valence electrons. The standard InChI is InChI=1S/C24H25F6NO4S/c1-2-13-35-22(23(25,26)27,24(28,29)30)19-11-9-18(10-12-19)21(32)31-14-15-3-5-16(6-4-15)20(36(33)34)17-7-8-17/h3-6,9-12,17,20,36H,2,7-8,13-14H2,1H3,(H,31,32). The molecule has 1 saturated carbocycles. The summed E-state index contributed by atoms with van der Waals surface area (Å²) in [7, 11) is -2.62. The van der Waals surface area contributed by atoms with Gasteiger partial charge in [-0.2, -0.15) is 26.3 Å². The van der Waals surface area contributed by atoms with Crippen LogP contribution in [0.25, 0.3) is 0 Å². The molecular weight excluding hydrogens is 512 g/mol. The number of thiol groups is 1. The second-order valence-electron chi connectivity index (χ2n) is 8.59. The van der Waals surface area contributed by atoms with Crippen molar-refractivity contribution in [3.8, 4) is 0 Å². The number of carbonyl (C=O) groups excluding carboxylic acids is 1. The third-order valence-electron chi connectivity index (χ3n) is 5.94. The van der Waals surface area contributed by atoms with Gasteiger partial charge in [0.15, 0.2) is 0 Å². The molecule has 2 aromatic carbocycles. The summed E-state index contributed by atoms with van der Waals surface area (Å²) in [5.74, 6) is -0.594. The van der Waals surface area contributed by atoms with Gasteiger partial charge in [0.25, 0.3) is 11.5 Å². The molecule has 1 N–H and O–H groups in total. The van der Waals surface area contributed by atoms with Gasteiger partial charge in [0.05, 0.1) is 5.25 Å². The SMILES string of the molecule is CCCOC(c1ccc(C(=O)NCc2ccc(C(C3CC3)[SH](=O)=O)cc2)cc1)(C(F)(F)F)C(F)(F)F. The second kappa shape index (κ2) is 10.8. The molecule has 1 unspecified atom stereocenters. The van der Waals surface area contributed by atoms with Crippen LogP contribution in [0.2, 0.25) is 0 Å². The van der Waals surface area contributed by atoms with Crippen molar-refractivity contribution in [3.05, 3.63) is 70.8 Å². The maximum Gasteiger partial charge on any atom is 0.430 e. The lowest BCUT2D eigenvalue weighted by Crippen LogP contribution is -2.56. The smallest absolute Gasteiger partial charge is 0.354 e. The summed E-state index contributed by atoms with van der Waals surface area (Å²) in [6.07, 6.45) is -9.93. The van der Waals surface area contributed by atoms with Crippen molar-refractivity contribution in [2.75, 3.05) is 6.61 Å². The second-order valence-corrected chi connectivity index (χ2v) is 9.72. The lowest BCUT2D eigenvalue weighted by Gasteiger charge is -2.37. The Morgan fingerprint density at radius 3 is 1.97 bits per heavy atom. The van der Waals surface area contributed by atoms with E-state index in [1.54, 1.807) is 24.3 Å². The Labute approximate surface area is 205 Å². The zero-order chi connectivity index (χ0) is 26.7. The van der Waals surface area contributed by atoms with Crippen LogP contribution in [0.3, 0.4) is 0 Å². The Kier molecular flexibility index (Phi) is 8.39. The van der Waals surface area contributed by atoms with E-state index in [1.807, 2.05) is 0 Å². The number of alkyl halides is 6. The van der Waals surface area contributed by atoms with Gasteiger partial charge < -0.3 is 10.1 Å². The number of rotatable bonds is 10. The molecule has 0 aliphatic heterocycles. The first-order valence-corrected chi connectivity index (χ1v) is 12.4. The van der Waals surface area contributed by atoms with Crippen molar-refractivity contribution in [2.24, 2.45) is 5.92 Å². The van der Waals surface area contributed by atoms with E-state index < -0.39 is 52.0 Å². The van der Waals surface area contributed by atoms with Gasteiger partial charge in [-0.1, -0.05) is 43.3 Å². The third-order valence-corrected chi connectivity index (χ3v) is 7.12. The van der Waals surface area contributed by atoms with E-state index in [1.165, 1.54) is 6.92 Å². The maximum atomic E-state index is 13.7. The fourth-order valence-electron chi connectivity index (χ4n) is 3.94. The number of carbonyl (C=O) groups is 1. The number of benzene rings is 2. The lowest BCUT2D eigenvalue weighted by atomic mass is 9.91. The molecule has 12 heteroatoms. The minimum atomic E-state index is -5.78. The molecule has 0 spiro atoms. The quantitative estimate of drug-likeness (QED) is 0.314. The largest absolute Gasteiger partial charge is 0.430 e. The van der Waals surface area contributed by atoms with E-state index in [4.69, 9.17) is 0 Å². The van der Waals surface area contributed by atoms with Crippen molar-refractivity contribution in [2.45, 2.75) is 55.9 Å². The van der Waals surface area contributed by atoms with E-state index in [0.29, 0.717) is 23.3 Å². The molecule has 1 fully saturated rings. The van der Waals surface area contributed by atoms with Crippen molar-refractivity contribution in [1.82, 2.24) is 5.32 Å². The fraction of sp³-hybridized carbons (Fsp3) is 0.458. The van der Waals surface area contributed by atoms with Crippen LogP contribution in [-0.4, -0.2) is 33.3 Å². The highest BCUT2D eigenvalue weighted by molar-refractivity contribution is 7.72. The predicted molar refractivity (Wildman–Crippen MR) is 120 cm³/mol. The minimum Gasteiger partial charge on any atom is -0.354 e. The number of hydrogen-bond donors (Lipinski definition) is 2. The van der Waals surface area contributed by atoms with Gasteiger partial charge in [0.2, 0.25) is 0 Å². The molecular formula is C24H25F6NO4S. The van der Waals surface area contributed by atoms with E-state index >= 15 is 0 Å². The first-order valence-electron chi connectivity index (χ1n) is 11.2. The van der Waals surface area contributed by atoms with Crippen molar-refractivity contribution >= 4 is 16.6 Å². The minimum absolute atomic E-state index is 0.0210. The van der Waals surface area contributed by atoms with Crippen molar-refractivity contribution in [1.29, 1.82) is 0 Å². The van der Waals surface area contributed by atoms with Crippen LogP contribution in [0.5, 0.6) is 0 Å². The molecule has 0 aromatic heterocycles. The van der Waals surface area contributed by atoms with E-state index in [0.717, 1.165) is 25.0 Å². The van der Waals surface area contributed by atoms with Crippen LogP contribution in [0.1, 0.15) is 58.5 Å². The highest BCUT2D eigenvalue weighted by Crippen LogP contribution is 2.53. The van der Waals surface area contributed by atoms with Crippen LogP contribution >= 0.6 is 0 Å². The molecule has 0 bridgehead atoms. The molecule has 1 aliphatic rings. The molecule has 1 atom stereocenters. The highest BCUT2D eigenvalue weighted by Gasteiger charge is 2.73. The first kappa shape index (κ1) is 28.0. The van der Waals surface area contributed by atoms with Gasteiger partial charge in [-0.15, -0.1) is 0 Å². The molecule has 3 rings (SSSR count). The summed E-state index contributed by atoms with van der Waals surface area (Å²) >= 11 is 0. The van der Waals surface area contributed by atoms with Gasteiger partial charge in [0.1, 0.15) is 10.7 Å². The number of amides is 1. The highest BCUT2D eigenvalue weighted by atomic mass is 32.2. The van der Waals surface area contributed by atoms with E-state index in [2.05, 4.69) is 10.1 Å². The summed E-state index contributed by atoms with van der Waals surface area (Å²) in [5.41, 5.74) is -4.53. The predicted octanol–water partition coefficient (Wildman–Crippen LogP) is 5.43. The summed E-state index contributed by atoms with van der Waals surface area (Å²) in [6.45, 7) is 0.634. The average molecular weight is 538 g/mol. The van der Waals surface area contributed by atoms with Crippen LogP contribution < -0.4 is 5.32 Å². The zero-order valence-corrected chi connectivity index (χ0v) is 20.1. The van der Waals surface area contributed by atoms with Crippen LogP contribution in [0.15, 0.2) is 48.5 Å². The average Bonchev–Trinajstić information content (AvgIpc) is 3.62. The first-order chi connectivity index (χ1) is 16.8. The van der Waals surface area contributed by atoms with Gasteiger partial charge >= 0.3 is 12.4 Å². The van der Waals surface area contributed by atoms with Crippen molar-refractivity contribution < 1.29 is 44.3 Å². The van der Waals surface area contributed by atoms with Gasteiger partial charge in [-0.05, 0) is 48.4 Å². The molecule has 1 aliphatic carbocycles. The Hall–Kier alpha value is -2.60. The van der Waals surface area contributed by atoms with Crippen molar-refractivity contribution in [3.63, 3.8) is 0 Å². The lowest BCUT2D eigenvalue weighted by molar-refractivity contribution is -0.389. The topological polar surface area (TPSA) is 72.5 Å². The molecule has 0 saturated heterocycles. The van der Waals surface area contributed by atoms with Crippen LogP contribution in [0.4, 0.5) is 26.3 Å². The maximum absolute atomic E-state index is 13.7. The number of nitrogens with one attached hydrogen (secondary N) is 1. The van der Waals surface area contributed by atoms with Gasteiger partial charge in [0, 0.05) is 24.3 Å². The fourth-order valence-corrected chi connectivity index (χ4v) is 5.00. The Morgan fingerprint density at radius 2 is 1.53 bits per heavy atom. The third kappa shape index (κ3) is 5.86. The normalized spacial score (nSPS) is 15.7. The summed E-state index contributed by atoms with van der Waals surface area (Å²) in [6, 6.07) is 9.55. The molecule has 2 aromatic rings. The Morgan fingerprint density at radius 1 is 0.972 bits per heavy atom. The summed E-state index contributed by atoms with van der Waals surface area (Å²) in [4.78, 5) is 12.4. The molecule has 0 radical (unpaired) electrons. The van der Waals surface area contributed by atoms with Crippen LogP contribution in [0, 0.1) is 5.92 Å². The van der Waals surface area contributed by atoms with Gasteiger partial charge in [-0.25, -0.2) is 8.42 Å². The zero-order valence-electron chi connectivity index (χ0n) is 19.2. The Balaban J connectivity index is 1.73. The van der Waals surface area contributed by atoms with E-state index in [-0.39, 0.29) is 24.4 Å². The Bertz CT molecular complexity index is 1100. The number of ether oxygens (including phenoxy) is 1. The summed E-state index contributed by atoms with van der Waals surface area (Å²) in [5, 5.41) is 1.99. The molecule has 5 nitrogen and oxygen atoms in total. The summed E-state index contributed by atoms with van der Waals surface area (Å²) < 4.78 is 109. The van der Waals surface area contributed by atoms with E-state index in [9.17, 15) is 39.6 Å². The molecule has 36 heavy (non-hydrogen) atoms. The number of halogens is 6. The molecule has 0 heterocycles. The van der Waals surface area contributed by atoms with Gasteiger partial charge in [-0.3, -0.25) is 4.79 Å². The monoisotopic (exact) mass is 537 g/mol.